The molecule has 0 aromatic rings. The molecule has 0 spiro atoms. The molecule has 0 radical (unpaired) electrons. The first kappa shape index (κ1) is 27.6. The van der Waals surface area contributed by atoms with Gasteiger partial charge in [-0.15, -0.1) is 0 Å². The van der Waals surface area contributed by atoms with Crippen LogP contribution in [-0.2, 0) is 33.3 Å². The van der Waals surface area contributed by atoms with E-state index in [9.17, 15) is 14.4 Å². The third-order valence-corrected chi connectivity index (χ3v) is 10.8. The second-order valence-corrected chi connectivity index (χ2v) is 12.8. The molecule has 0 saturated heterocycles. The number of allylic oxidation sites excluding steroid dienone is 1. The van der Waals surface area contributed by atoms with Gasteiger partial charge in [0.2, 0.25) is 0 Å². The summed E-state index contributed by atoms with van der Waals surface area (Å²) in [6.07, 6.45) is 13.0. The van der Waals surface area contributed by atoms with Crippen molar-refractivity contribution in [1.29, 1.82) is 0 Å². The van der Waals surface area contributed by atoms with Gasteiger partial charge in [-0.05, 0) is 99.0 Å². The Morgan fingerprint density at radius 2 is 1.76 bits per heavy atom. The predicted molar refractivity (Wildman–Crippen MR) is 141 cm³/mol. The van der Waals surface area contributed by atoms with Crippen molar-refractivity contribution < 1.29 is 33.3 Å². The lowest BCUT2D eigenvalue weighted by Crippen LogP contribution is -2.51. The van der Waals surface area contributed by atoms with E-state index >= 15 is 0 Å². The lowest BCUT2D eigenvalue weighted by atomic mass is 9.47. The molecule has 0 aromatic carbocycles. The van der Waals surface area contributed by atoms with Gasteiger partial charge in [0.25, 0.3) is 0 Å². The maximum absolute atomic E-state index is 12.4. The predicted octanol–water partition coefficient (Wildman–Crippen LogP) is 5.32. The van der Waals surface area contributed by atoms with E-state index in [1.54, 1.807) is 19.1 Å². The average Bonchev–Trinajstić information content (AvgIpc) is 3.21. The van der Waals surface area contributed by atoms with Crippen LogP contribution in [-0.4, -0.2) is 48.9 Å². The molecule has 4 aliphatic carbocycles. The van der Waals surface area contributed by atoms with E-state index in [1.165, 1.54) is 38.7 Å². The molecule has 7 nitrogen and oxygen atoms in total. The number of rotatable bonds is 6. The minimum absolute atomic E-state index is 0.000981. The monoisotopic (exact) mass is 528 g/mol. The van der Waals surface area contributed by atoms with Crippen molar-refractivity contribution in [1.82, 2.24) is 0 Å². The topological polar surface area (TPSA) is 88.1 Å². The molecule has 210 valence electrons. The van der Waals surface area contributed by atoms with Gasteiger partial charge in [-0.1, -0.05) is 25.5 Å². The van der Waals surface area contributed by atoms with Crippen LogP contribution < -0.4 is 0 Å². The molecule has 1 heterocycles. The summed E-state index contributed by atoms with van der Waals surface area (Å²) >= 11 is 0. The quantitative estimate of drug-likeness (QED) is 0.341. The van der Waals surface area contributed by atoms with Crippen LogP contribution in [0.4, 0.5) is 0 Å². The van der Waals surface area contributed by atoms with Crippen LogP contribution in [0.2, 0.25) is 0 Å². The lowest BCUT2D eigenvalue weighted by Gasteiger charge is -2.58. The summed E-state index contributed by atoms with van der Waals surface area (Å²) in [5.41, 5.74) is 1.89. The molecule has 38 heavy (non-hydrogen) atoms. The Labute approximate surface area is 226 Å². The molecular formula is C31H44O7. The number of fused-ring (bicyclic) bond motifs is 5. The summed E-state index contributed by atoms with van der Waals surface area (Å²) in [5, 5.41) is 0. The van der Waals surface area contributed by atoms with Gasteiger partial charge in [-0.25, -0.2) is 0 Å². The first-order valence-corrected chi connectivity index (χ1v) is 14.5. The van der Waals surface area contributed by atoms with E-state index in [0.29, 0.717) is 23.5 Å². The highest BCUT2D eigenvalue weighted by Crippen LogP contribution is 2.66. The van der Waals surface area contributed by atoms with Crippen LogP contribution in [0.3, 0.4) is 0 Å². The number of hydrogen-bond donors (Lipinski definition) is 0. The molecule has 1 aliphatic heterocycles. The SMILES string of the molecule is CC(=O)OC[C@H]1O[C@H](O[C@H]2CC[C@@]3(C)C(=CC[C@H]4[C@@H]5CC[C@H](C(C)=O)[C@@]5(C)CC[C@@H]43)C2)C=C[C@@H]1OC(C)=O. The Morgan fingerprint density at radius 1 is 0.974 bits per heavy atom. The minimum atomic E-state index is -0.616. The van der Waals surface area contributed by atoms with Crippen molar-refractivity contribution in [2.24, 2.45) is 34.5 Å². The maximum atomic E-state index is 12.4. The van der Waals surface area contributed by atoms with Gasteiger partial charge in [-0.2, -0.15) is 0 Å². The number of Topliss-reactive ketones (excluding diaryl/α,β-unsaturated/α-hetero) is 1. The highest BCUT2D eigenvalue weighted by molar-refractivity contribution is 5.79. The number of ketones is 1. The summed E-state index contributed by atoms with van der Waals surface area (Å²) in [4.78, 5) is 35.3. The molecule has 0 amide bonds. The third kappa shape index (κ3) is 5.01. The van der Waals surface area contributed by atoms with Crippen LogP contribution in [0.5, 0.6) is 0 Å². The van der Waals surface area contributed by atoms with E-state index < -0.39 is 30.4 Å². The fourth-order valence-electron chi connectivity index (χ4n) is 8.94. The van der Waals surface area contributed by atoms with Crippen molar-refractivity contribution in [3.05, 3.63) is 23.8 Å². The molecular weight excluding hydrogens is 484 g/mol. The summed E-state index contributed by atoms with van der Waals surface area (Å²) in [6, 6.07) is 0. The first-order valence-electron chi connectivity index (χ1n) is 14.5. The molecule has 3 saturated carbocycles. The molecule has 5 rings (SSSR count). The molecule has 0 aromatic heterocycles. The zero-order chi connectivity index (χ0) is 27.2. The molecule has 10 atom stereocenters. The van der Waals surface area contributed by atoms with E-state index in [-0.39, 0.29) is 29.5 Å². The summed E-state index contributed by atoms with van der Waals surface area (Å²) in [5.74, 6) is 1.81. The zero-order valence-electron chi connectivity index (χ0n) is 23.6. The van der Waals surface area contributed by atoms with Gasteiger partial charge in [0.05, 0.1) is 6.10 Å². The fourth-order valence-corrected chi connectivity index (χ4v) is 8.94. The van der Waals surface area contributed by atoms with E-state index in [2.05, 4.69) is 19.9 Å². The van der Waals surface area contributed by atoms with Gasteiger partial charge in [0, 0.05) is 19.8 Å². The number of carbonyl (C=O) groups is 3. The number of hydrogen-bond acceptors (Lipinski definition) is 7. The van der Waals surface area contributed by atoms with E-state index in [4.69, 9.17) is 18.9 Å². The van der Waals surface area contributed by atoms with Crippen molar-refractivity contribution in [2.75, 3.05) is 6.61 Å². The molecule has 0 bridgehead atoms. The van der Waals surface area contributed by atoms with Crippen molar-refractivity contribution in [2.45, 2.75) is 111 Å². The average molecular weight is 529 g/mol. The van der Waals surface area contributed by atoms with Crippen LogP contribution in [0.1, 0.15) is 86.0 Å². The van der Waals surface area contributed by atoms with Crippen LogP contribution in [0.15, 0.2) is 23.8 Å². The zero-order valence-corrected chi connectivity index (χ0v) is 23.6. The van der Waals surface area contributed by atoms with Crippen molar-refractivity contribution >= 4 is 17.7 Å². The summed E-state index contributed by atoms with van der Waals surface area (Å²) < 4.78 is 23.0. The van der Waals surface area contributed by atoms with Gasteiger partial charge < -0.3 is 18.9 Å². The Bertz CT molecular complexity index is 1020. The van der Waals surface area contributed by atoms with Gasteiger partial charge >= 0.3 is 11.9 Å². The molecule has 0 unspecified atom stereocenters. The molecule has 5 aliphatic rings. The second-order valence-electron chi connectivity index (χ2n) is 12.8. The van der Waals surface area contributed by atoms with E-state index in [0.717, 1.165) is 32.1 Å². The lowest BCUT2D eigenvalue weighted by molar-refractivity contribution is -0.213. The number of esters is 2. The Balaban J connectivity index is 1.25. The minimum Gasteiger partial charge on any atom is -0.463 e. The highest BCUT2D eigenvalue weighted by atomic mass is 16.7. The first-order chi connectivity index (χ1) is 18.0. The van der Waals surface area contributed by atoms with Gasteiger partial charge in [0.1, 0.15) is 24.6 Å². The molecule has 7 heteroatoms. The Kier molecular flexibility index (Phi) is 7.64. The third-order valence-electron chi connectivity index (χ3n) is 10.8. The summed E-state index contributed by atoms with van der Waals surface area (Å²) in [6.45, 7) is 9.36. The molecule has 0 N–H and O–H groups in total. The van der Waals surface area contributed by atoms with Crippen LogP contribution in [0.25, 0.3) is 0 Å². The van der Waals surface area contributed by atoms with Gasteiger partial charge in [0.15, 0.2) is 6.29 Å². The Morgan fingerprint density at radius 3 is 2.47 bits per heavy atom. The summed E-state index contributed by atoms with van der Waals surface area (Å²) in [7, 11) is 0. The largest absolute Gasteiger partial charge is 0.463 e. The Hall–Kier alpha value is -1.99. The normalized spacial score (nSPS) is 43.8. The fraction of sp³-hybridized carbons (Fsp3) is 0.774. The highest BCUT2D eigenvalue weighted by Gasteiger charge is 2.59. The van der Waals surface area contributed by atoms with Gasteiger partial charge in [-0.3, -0.25) is 14.4 Å². The van der Waals surface area contributed by atoms with Crippen LogP contribution >= 0.6 is 0 Å². The maximum Gasteiger partial charge on any atom is 0.303 e. The molecule has 3 fully saturated rings. The number of ether oxygens (including phenoxy) is 4. The van der Waals surface area contributed by atoms with Crippen LogP contribution in [0, 0.1) is 34.5 Å². The smallest absolute Gasteiger partial charge is 0.303 e. The van der Waals surface area contributed by atoms with Crippen molar-refractivity contribution in [3.63, 3.8) is 0 Å². The standard InChI is InChI=1S/C31H44O7/c1-18(32)24-8-9-25-23-7-6-21-16-22(12-14-30(21,4)26(23)13-15-31(24,25)5)37-29-11-10-27(36-20(3)34)28(38-29)17-35-19(2)33/h6,10-11,22-29H,7-9,12-17H2,1-5H3/t22-,23-,24+,25-,26-,27-,28+,29-,30-,31+/m0/s1. The van der Waals surface area contributed by atoms with E-state index in [1.807, 2.05) is 0 Å². The van der Waals surface area contributed by atoms with Crippen molar-refractivity contribution in [3.8, 4) is 0 Å². The second kappa shape index (κ2) is 10.5. The number of carbonyl (C=O) groups excluding carboxylic acids is 3.